The summed E-state index contributed by atoms with van der Waals surface area (Å²) in [6.45, 7) is 1.20. The molecule has 1 aliphatic heterocycles. The maximum absolute atomic E-state index is 4.58. The van der Waals surface area contributed by atoms with Gasteiger partial charge in [-0.25, -0.2) is 0 Å². The van der Waals surface area contributed by atoms with Gasteiger partial charge < -0.3 is 5.32 Å². The highest BCUT2D eigenvalue weighted by Crippen LogP contribution is 2.33. The highest BCUT2D eigenvalue weighted by molar-refractivity contribution is 5.24. The molecule has 1 aliphatic carbocycles. The van der Waals surface area contributed by atoms with E-state index in [2.05, 4.69) is 28.3 Å². The van der Waals surface area contributed by atoms with E-state index in [1.807, 2.05) is 0 Å². The van der Waals surface area contributed by atoms with Crippen LogP contribution in [-0.2, 0) is 13.5 Å². The second-order valence-electron chi connectivity index (χ2n) is 6.71. The molecule has 1 atom stereocenters. The zero-order valence-corrected chi connectivity index (χ0v) is 12.9. The van der Waals surface area contributed by atoms with E-state index >= 15 is 0 Å². The van der Waals surface area contributed by atoms with Gasteiger partial charge in [0, 0.05) is 25.2 Å². The third kappa shape index (κ3) is 3.25. The van der Waals surface area contributed by atoms with E-state index in [0.717, 1.165) is 5.92 Å². The van der Waals surface area contributed by atoms with Gasteiger partial charge in [0.15, 0.2) is 0 Å². The van der Waals surface area contributed by atoms with Crippen LogP contribution in [0, 0.1) is 0 Å². The molecule has 0 radical (unpaired) electrons. The van der Waals surface area contributed by atoms with Crippen molar-refractivity contribution in [3.05, 3.63) is 17.5 Å². The fourth-order valence-electron chi connectivity index (χ4n) is 3.99. The van der Waals surface area contributed by atoms with Gasteiger partial charge in [-0.05, 0) is 43.7 Å². The Labute approximate surface area is 123 Å². The third-order valence-corrected chi connectivity index (χ3v) is 5.24. The van der Waals surface area contributed by atoms with Crippen molar-refractivity contribution in [2.24, 2.45) is 7.05 Å². The van der Waals surface area contributed by atoms with Crippen LogP contribution < -0.4 is 5.32 Å². The molecule has 0 aromatic carbocycles. The van der Waals surface area contributed by atoms with Crippen LogP contribution in [-0.4, -0.2) is 22.4 Å². The fraction of sp³-hybridized carbons (Fsp3) is 0.824. The summed E-state index contributed by atoms with van der Waals surface area (Å²) in [4.78, 5) is 0. The Kier molecular flexibility index (Phi) is 4.77. The second-order valence-corrected chi connectivity index (χ2v) is 6.71. The van der Waals surface area contributed by atoms with Gasteiger partial charge in [-0.15, -0.1) is 0 Å². The van der Waals surface area contributed by atoms with Crippen molar-refractivity contribution in [3.63, 3.8) is 0 Å². The molecule has 2 heterocycles. The topological polar surface area (TPSA) is 29.9 Å². The molecule has 1 N–H and O–H groups in total. The quantitative estimate of drug-likeness (QED) is 0.855. The van der Waals surface area contributed by atoms with Crippen LogP contribution in [0.2, 0.25) is 0 Å². The number of rotatable bonds is 3. The smallest absolute Gasteiger partial charge is 0.0527 e. The van der Waals surface area contributed by atoms with Crippen LogP contribution >= 0.6 is 0 Å². The van der Waals surface area contributed by atoms with E-state index in [4.69, 9.17) is 0 Å². The molecular weight excluding hydrogens is 246 g/mol. The average molecular weight is 275 g/mol. The minimum absolute atomic E-state index is 0.670. The van der Waals surface area contributed by atoms with Crippen molar-refractivity contribution >= 4 is 0 Å². The lowest BCUT2D eigenvalue weighted by atomic mass is 9.89. The molecule has 0 amide bonds. The van der Waals surface area contributed by atoms with Crippen LogP contribution in [0.25, 0.3) is 0 Å². The molecule has 112 valence electrons. The number of hydrogen-bond acceptors (Lipinski definition) is 2. The first kappa shape index (κ1) is 14.1. The first-order valence-electron chi connectivity index (χ1n) is 8.59. The van der Waals surface area contributed by atoms with Gasteiger partial charge in [0.05, 0.1) is 6.20 Å². The van der Waals surface area contributed by atoms with Gasteiger partial charge >= 0.3 is 0 Å². The lowest BCUT2D eigenvalue weighted by Gasteiger charge is -2.25. The van der Waals surface area contributed by atoms with Gasteiger partial charge in [0.2, 0.25) is 0 Å². The van der Waals surface area contributed by atoms with E-state index < -0.39 is 0 Å². The molecule has 3 rings (SSSR count). The van der Waals surface area contributed by atoms with Crippen molar-refractivity contribution in [3.8, 4) is 0 Å². The normalized spacial score (nSPS) is 25.6. The summed E-state index contributed by atoms with van der Waals surface area (Å²) >= 11 is 0. The Hall–Kier alpha value is -0.830. The number of piperidine rings is 1. The average Bonchev–Trinajstić information content (AvgIpc) is 2.70. The molecule has 3 nitrogen and oxygen atoms in total. The number of aryl methyl sites for hydroxylation is 1. The third-order valence-electron chi connectivity index (χ3n) is 5.24. The van der Waals surface area contributed by atoms with Gasteiger partial charge in [-0.3, -0.25) is 4.68 Å². The van der Waals surface area contributed by atoms with Crippen LogP contribution in [0.5, 0.6) is 0 Å². The van der Waals surface area contributed by atoms with E-state index in [-0.39, 0.29) is 0 Å². The molecular formula is C17H29N3. The lowest BCUT2D eigenvalue weighted by Crippen LogP contribution is -2.36. The molecule has 1 saturated heterocycles. The van der Waals surface area contributed by atoms with Gasteiger partial charge in [0.1, 0.15) is 0 Å². The molecule has 1 unspecified atom stereocenters. The zero-order valence-electron chi connectivity index (χ0n) is 12.9. The van der Waals surface area contributed by atoms with Crippen LogP contribution in [0.3, 0.4) is 0 Å². The molecule has 3 heteroatoms. The van der Waals surface area contributed by atoms with Crippen LogP contribution in [0.15, 0.2) is 6.20 Å². The molecule has 20 heavy (non-hydrogen) atoms. The predicted molar refractivity (Wildman–Crippen MR) is 83.0 cm³/mol. The van der Waals surface area contributed by atoms with E-state index in [9.17, 15) is 0 Å². The second kappa shape index (κ2) is 6.75. The Morgan fingerprint density at radius 1 is 1.10 bits per heavy atom. The van der Waals surface area contributed by atoms with E-state index in [1.54, 1.807) is 5.56 Å². The number of nitrogens with zero attached hydrogens (tertiary/aromatic N) is 2. The fourth-order valence-corrected chi connectivity index (χ4v) is 3.99. The number of aromatic nitrogens is 2. The number of hydrogen-bond donors (Lipinski definition) is 1. The summed E-state index contributed by atoms with van der Waals surface area (Å²) in [5.74, 6) is 0.768. The molecule has 0 bridgehead atoms. The zero-order chi connectivity index (χ0) is 13.8. The maximum Gasteiger partial charge on any atom is 0.0527 e. The minimum Gasteiger partial charge on any atom is -0.314 e. The van der Waals surface area contributed by atoms with Crippen molar-refractivity contribution in [2.45, 2.75) is 76.2 Å². The Morgan fingerprint density at radius 2 is 1.85 bits per heavy atom. The molecule has 2 fully saturated rings. The largest absolute Gasteiger partial charge is 0.314 e. The first-order valence-corrected chi connectivity index (χ1v) is 8.59. The number of nitrogens with one attached hydrogen (secondary N) is 1. The SMILES string of the molecule is Cn1ncc(C2CCCCCC2)c1CC1CCCCN1. The molecule has 0 spiro atoms. The van der Waals surface area contributed by atoms with Gasteiger partial charge in [-0.1, -0.05) is 32.1 Å². The van der Waals surface area contributed by atoms with Gasteiger partial charge in [0.25, 0.3) is 0 Å². The molecule has 1 aromatic heterocycles. The standard InChI is InChI=1S/C17H29N3/c1-20-17(12-15-10-6-7-11-18-15)16(13-19-20)14-8-4-2-3-5-9-14/h13-15,18H,2-12H2,1H3. The monoisotopic (exact) mass is 275 g/mol. The Balaban J connectivity index is 1.73. The summed E-state index contributed by atoms with van der Waals surface area (Å²) < 4.78 is 2.14. The minimum atomic E-state index is 0.670. The predicted octanol–water partition coefficient (Wildman–Crippen LogP) is 3.54. The highest BCUT2D eigenvalue weighted by Gasteiger charge is 2.23. The molecule has 1 saturated carbocycles. The molecule has 1 aromatic rings. The van der Waals surface area contributed by atoms with Crippen LogP contribution in [0.4, 0.5) is 0 Å². The van der Waals surface area contributed by atoms with Crippen molar-refractivity contribution in [2.75, 3.05) is 6.54 Å². The van der Waals surface area contributed by atoms with Gasteiger partial charge in [-0.2, -0.15) is 5.10 Å². The maximum atomic E-state index is 4.58. The van der Waals surface area contributed by atoms with Crippen molar-refractivity contribution in [1.82, 2.24) is 15.1 Å². The summed E-state index contributed by atoms with van der Waals surface area (Å²) in [7, 11) is 2.12. The Morgan fingerprint density at radius 3 is 2.55 bits per heavy atom. The molecule has 2 aliphatic rings. The summed E-state index contributed by atoms with van der Waals surface area (Å²) in [6, 6.07) is 0.670. The lowest BCUT2D eigenvalue weighted by molar-refractivity contribution is 0.391. The summed E-state index contributed by atoms with van der Waals surface area (Å²) in [5, 5.41) is 8.26. The Bertz CT molecular complexity index is 410. The summed E-state index contributed by atoms with van der Waals surface area (Å²) in [6.07, 6.45) is 15.8. The van der Waals surface area contributed by atoms with Crippen molar-refractivity contribution in [1.29, 1.82) is 0 Å². The summed E-state index contributed by atoms with van der Waals surface area (Å²) in [5.41, 5.74) is 3.05. The van der Waals surface area contributed by atoms with Crippen molar-refractivity contribution < 1.29 is 0 Å². The highest BCUT2D eigenvalue weighted by atomic mass is 15.3. The van der Waals surface area contributed by atoms with E-state index in [1.165, 1.54) is 76.4 Å². The van der Waals surface area contributed by atoms with E-state index in [0.29, 0.717) is 6.04 Å². The van der Waals surface area contributed by atoms with Crippen LogP contribution in [0.1, 0.15) is 75.0 Å². The first-order chi connectivity index (χ1) is 9.84.